The zero-order chi connectivity index (χ0) is 53.7. The maximum Gasteiger partial charge on any atom is 0.481 e. The van der Waals surface area contributed by atoms with Crippen molar-refractivity contribution < 1.29 is 71.4 Å². The van der Waals surface area contributed by atoms with Gasteiger partial charge in [-0.2, -0.15) is 9.29 Å². The van der Waals surface area contributed by atoms with E-state index in [0.29, 0.717) is 32.1 Å². The van der Waals surface area contributed by atoms with Crippen molar-refractivity contribution in [3.05, 3.63) is 83.5 Å². The van der Waals surface area contributed by atoms with Gasteiger partial charge in [-0.1, -0.05) is 171 Å². The van der Waals surface area contributed by atoms with Crippen molar-refractivity contribution in [1.29, 1.82) is 0 Å². The number of aliphatic hydroxyl groups excluding tert-OH is 3. The molecule has 0 radical (unpaired) electrons. The molecule has 0 amide bonds. The Kier molecular flexibility index (Phi) is 34.9. The van der Waals surface area contributed by atoms with Gasteiger partial charge in [0.25, 0.3) is 0 Å². The van der Waals surface area contributed by atoms with Crippen LogP contribution in [0.2, 0.25) is 0 Å². The van der Waals surface area contributed by atoms with Gasteiger partial charge >= 0.3 is 33.3 Å². The molecule has 1 aromatic heterocycles. The molecule has 2 heterocycles. The minimum atomic E-state index is -5.45. The Hall–Kier alpha value is -3.58. The Morgan fingerprint density at radius 1 is 0.753 bits per heavy atom. The summed E-state index contributed by atoms with van der Waals surface area (Å²) in [6.07, 6.45) is 34.0. The molecule has 1 aliphatic heterocycles. The number of hydrogen-bond acceptors (Lipinski definition) is 16. The van der Waals surface area contributed by atoms with Gasteiger partial charge in [-0.3, -0.25) is 23.2 Å². The summed E-state index contributed by atoms with van der Waals surface area (Å²) < 4.78 is 56.7. The number of allylic oxidation sites excluding steroid dienone is 9. The number of carbonyl (C=O) groups excluding carboxylic acids is 2. The van der Waals surface area contributed by atoms with E-state index in [1.165, 1.54) is 70.3 Å². The number of nitrogens with two attached hydrogens (primary N) is 1. The summed E-state index contributed by atoms with van der Waals surface area (Å²) in [7, 11) is -10.9. The monoisotopic (exact) mass is 1070 g/mol. The van der Waals surface area contributed by atoms with E-state index < -0.39 is 89.8 Å². The van der Waals surface area contributed by atoms with Crippen molar-refractivity contribution in [2.45, 2.75) is 205 Å². The Bertz CT molecular complexity index is 1990. The minimum absolute atomic E-state index is 0.0430. The van der Waals surface area contributed by atoms with Crippen LogP contribution in [0.3, 0.4) is 0 Å². The third-order valence-corrected chi connectivity index (χ3v) is 14.3. The number of unbranched alkanes of at least 4 members (excludes halogenated alkanes) is 14. The number of aliphatic hydroxyl groups is 3. The molecule has 1 saturated heterocycles. The topological polar surface area (TPSA) is 286 Å². The molecule has 73 heavy (non-hydrogen) atoms. The molecule has 1 fully saturated rings. The maximum atomic E-state index is 12.9. The minimum Gasteiger partial charge on any atom is -0.462 e. The second-order valence-electron chi connectivity index (χ2n) is 18.7. The van der Waals surface area contributed by atoms with Gasteiger partial charge in [0, 0.05) is 19.0 Å². The van der Waals surface area contributed by atoms with E-state index in [1.54, 1.807) is 6.08 Å². The van der Waals surface area contributed by atoms with E-state index in [1.807, 2.05) is 49.5 Å². The lowest BCUT2D eigenvalue weighted by Crippen LogP contribution is -2.36. The number of carbonyl (C=O) groups is 2. The van der Waals surface area contributed by atoms with Crippen LogP contribution in [0.5, 0.6) is 0 Å². The first kappa shape index (κ1) is 65.5. The number of nitrogen functional groups attached to an aromatic ring is 1. The molecule has 0 aromatic carbocycles. The SMILES string of the molecule is CC[C@@H](O)/C=C/C=C\C/C=C\C/C=C\C/C=C\CCCC(=O)O[C@H](COC(=O)CCCCCCCCCCCCCCCCC(C)C)COP(=O)(O)OP(=O)(O)OC[C@H]1O[C@@H](n2ccc(N)nc2=O)[C@H](O)[C@@H]1O. The molecule has 0 spiro atoms. The second kappa shape index (κ2) is 38.9. The summed E-state index contributed by atoms with van der Waals surface area (Å²) in [5.74, 6) is -0.597. The van der Waals surface area contributed by atoms with Gasteiger partial charge in [0.1, 0.15) is 30.7 Å². The molecule has 0 aliphatic carbocycles. The first-order valence-electron chi connectivity index (χ1n) is 26.3. The Morgan fingerprint density at radius 2 is 1.30 bits per heavy atom. The predicted octanol–water partition coefficient (Wildman–Crippen LogP) is 9.94. The first-order chi connectivity index (χ1) is 34.9. The number of aromatic nitrogens is 2. The highest BCUT2D eigenvalue weighted by Crippen LogP contribution is 2.60. The van der Waals surface area contributed by atoms with Crippen LogP contribution >= 0.6 is 15.6 Å². The normalized spacial score (nSPS) is 20.0. The second-order valence-corrected chi connectivity index (χ2v) is 21.7. The van der Waals surface area contributed by atoms with Crippen molar-refractivity contribution in [3.8, 4) is 0 Å². The molecule has 19 nitrogen and oxygen atoms in total. The maximum absolute atomic E-state index is 12.9. The van der Waals surface area contributed by atoms with Crippen molar-refractivity contribution in [3.63, 3.8) is 0 Å². The number of nitrogens with zero attached hydrogens (tertiary/aromatic N) is 2. The molecule has 1 aliphatic rings. The van der Waals surface area contributed by atoms with Gasteiger partial charge in [0.15, 0.2) is 12.3 Å². The number of esters is 2. The van der Waals surface area contributed by atoms with Crippen molar-refractivity contribution in [2.24, 2.45) is 5.92 Å². The highest BCUT2D eigenvalue weighted by molar-refractivity contribution is 7.61. The number of rotatable bonds is 42. The molecule has 8 atom stereocenters. The standard InChI is InChI=1S/C52H87N3O16P2/c1-4-43(56)34-30-26-22-18-14-10-6-8-12-16-20-24-28-32-36-48(58)69-44(39-66-47(57)35-31-27-23-19-15-11-7-5-9-13-17-21-25-29-33-42(2)3)40-67-72(62,63)71-73(64,65)68-41-45-49(59)50(60)51(70-45)55-38-37-46(53)54-52(55)61/h8,10,12,14,20,22,24,26,30,34,37-38,42-45,49-51,56,59-60H,4-7,9,11,13,15-19,21,23,25,27-29,31-33,35-36,39-41H2,1-3H3,(H,62,63)(H,64,65)(H2,53,54,61)/b12-8-,14-10-,24-20-,26-22-,34-30+/t43-,44-,45-,49-,50-,51-/m1/s1. The average molecular weight is 1070 g/mol. The van der Waals surface area contributed by atoms with Crippen LogP contribution in [-0.4, -0.2) is 96.9 Å². The van der Waals surface area contributed by atoms with Gasteiger partial charge in [0.05, 0.1) is 19.3 Å². The third kappa shape index (κ3) is 32.5. The zero-order valence-corrected chi connectivity index (χ0v) is 45.2. The largest absolute Gasteiger partial charge is 0.481 e. The van der Waals surface area contributed by atoms with Crippen molar-refractivity contribution >= 4 is 33.4 Å². The van der Waals surface area contributed by atoms with Crippen LogP contribution < -0.4 is 11.4 Å². The Balaban J connectivity index is 1.82. The molecular formula is C52H87N3O16P2. The fraction of sp³-hybridized carbons (Fsp3) is 0.692. The Morgan fingerprint density at radius 3 is 1.89 bits per heavy atom. The van der Waals surface area contributed by atoms with E-state index in [-0.39, 0.29) is 18.7 Å². The van der Waals surface area contributed by atoms with Crippen LogP contribution in [0.15, 0.2) is 77.8 Å². The summed E-state index contributed by atoms with van der Waals surface area (Å²) in [6.45, 7) is 4.10. The van der Waals surface area contributed by atoms with E-state index in [9.17, 15) is 48.6 Å². The van der Waals surface area contributed by atoms with Gasteiger partial charge in [-0.05, 0) is 56.9 Å². The van der Waals surface area contributed by atoms with Crippen LogP contribution in [0.4, 0.5) is 5.82 Å². The van der Waals surface area contributed by atoms with Crippen molar-refractivity contribution in [2.75, 3.05) is 25.6 Å². The van der Waals surface area contributed by atoms with Gasteiger partial charge in [-0.25, -0.2) is 13.9 Å². The average Bonchev–Trinajstić information content (AvgIpc) is 3.62. The summed E-state index contributed by atoms with van der Waals surface area (Å²) >= 11 is 0. The van der Waals surface area contributed by atoms with Crippen LogP contribution in [-0.2, 0) is 46.3 Å². The first-order valence-corrected chi connectivity index (χ1v) is 29.3. The molecule has 21 heteroatoms. The smallest absolute Gasteiger partial charge is 0.462 e. The van der Waals surface area contributed by atoms with Crippen LogP contribution in [0, 0.1) is 5.92 Å². The van der Waals surface area contributed by atoms with E-state index in [2.05, 4.69) is 35.3 Å². The Labute approximate surface area is 433 Å². The molecule has 1 aromatic rings. The molecular weight excluding hydrogens is 985 g/mol. The molecule has 7 N–H and O–H groups in total. The molecule has 2 rings (SSSR count). The quantitative estimate of drug-likeness (QED) is 0.0117. The van der Waals surface area contributed by atoms with E-state index >= 15 is 0 Å². The van der Waals surface area contributed by atoms with Gasteiger partial charge in [0.2, 0.25) is 0 Å². The van der Waals surface area contributed by atoms with E-state index in [0.717, 1.165) is 55.2 Å². The number of phosphoric ester groups is 2. The fourth-order valence-electron chi connectivity index (χ4n) is 7.49. The summed E-state index contributed by atoms with van der Waals surface area (Å²) in [5, 5.41) is 30.4. The highest BCUT2D eigenvalue weighted by Gasteiger charge is 2.46. The number of hydrogen-bond donors (Lipinski definition) is 6. The molecule has 0 saturated carbocycles. The summed E-state index contributed by atoms with van der Waals surface area (Å²) in [4.78, 5) is 61.9. The van der Waals surface area contributed by atoms with E-state index in [4.69, 9.17) is 29.0 Å². The third-order valence-electron chi connectivity index (χ3n) is 11.7. The summed E-state index contributed by atoms with van der Waals surface area (Å²) in [5.41, 5.74) is 4.58. The highest BCUT2D eigenvalue weighted by atomic mass is 31.3. The lowest BCUT2D eigenvalue weighted by molar-refractivity contribution is -0.161. The molecule has 416 valence electrons. The fourth-order valence-corrected chi connectivity index (χ4v) is 9.60. The summed E-state index contributed by atoms with van der Waals surface area (Å²) in [6, 6.07) is 1.24. The molecule has 0 bridgehead atoms. The number of anilines is 1. The number of ether oxygens (including phenoxy) is 3. The molecule has 2 unspecified atom stereocenters. The lowest BCUT2D eigenvalue weighted by atomic mass is 10.0. The van der Waals surface area contributed by atoms with Crippen molar-refractivity contribution in [1.82, 2.24) is 9.55 Å². The predicted molar refractivity (Wildman–Crippen MR) is 281 cm³/mol. The van der Waals surface area contributed by atoms with Gasteiger partial charge < -0.3 is 45.1 Å². The van der Waals surface area contributed by atoms with Gasteiger partial charge in [-0.15, -0.1) is 0 Å². The van der Waals surface area contributed by atoms with Crippen LogP contribution in [0.1, 0.15) is 175 Å². The zero-order valence-electron chi connectivity index (χ0n) is 43.4. The number of phosphoric acid groups is 2. The van der Waals surface area contributed by atoms with Crippen LogP contribution in [0.25, 0.3) is 0 Å². The lowest BCUT2D eigenvalue weighted by Gasteiger charge is -2.21.